The highest BCUT2D eigenvalue weighted by molar-refractivity contribution is 7.99. The quantitative estimate of drug-likeness (QED) is 0.758. The van der Waals surface area contributed by atoms with Crippen LogP contribution >= 0.6 is 11.8 Å². The Morgan fingerprint density at radius 3 is 2.93 bits per heavy atom. The Balaban J connectivity index is 1.98. The predicted molar refractivity (Wildman–Crippen MR) is 55.8 cm³/mol. The van der Waals surface area contributed by atoms with Crippen LogP contribution in [0.15, 0.2) is 5.16 Å². The van der Waals surface area contributed by atoms with Crippen molar-refractivity contribution in [2.75, 3.05) is 5.75 Å². The van der Waals surface area contributed by atoms with Crippen LogP contribution in [0.2, 0.25) is 0 Å². The van der Waals surface area contributed by atoms with Crippen LogP contribution in [0.1, 0.15) is 18.7 Å². The van der Waals surface area contributed by atoms with Gasteiger partial charge in [0.2, 0.25) is 0 Å². The third-order valence-corrected chi connectivity index (χ3v) is 3.42. The average Bonchev–Trinajstić information content (AvgIpc) is 2.92. The van der Waals surface area contributed by atoms with Gasteiger partial charge in [-0.15, -0.1) is 10.2 Å². The van der Waals surface area contributed by atoms with Gasteiger partial charge in [0.05, 0.1) is 5.75 Å². The summed E-state index contributed by atoms with van der Waals surface area (Å²) in [4.78, 5) is 10.4. The number of carbonyl (C=O) groups is 1. The Bertz CT molecular complexity index is 373. The second-order valence-electron chi connectivity index (χ2n) is 3.79. The molecular formula is C9H13N3O2S. The van der Waals surface area contributed by atoms with E-state index in [1.807, 2.05) is 11.6 Å². The lowest BCUT2D eigenvalue weighted by molar-refractivity contribution is -0.133. The predicted octanol–water partition coefficient (Wildman–Crippen LogP) is 0.944. The first-order valence-corrected chi connectivity index (χ1v) is 5.88. The SMILES string of the molecule is Cn1c(CC2CC2)nnc1SCC(=O)O. The van der Waals surface area contributed by atoms with Gasteiger partial charge in [-0.1, -0.05) is 11.8 Å². The highest BCUT2D eigenvalue weighted by atomic mass is 32.2. The van der Waals surface area contributed by atoms with Gasteiger partial charge in [-0.25, -0.2) is 0 Å². The fourth-order valence-corrected chi connectivity index (χ4v) is 2.01. The monoisotopic (exact) mass is 227 g/mol. The Hall–Kier alpha value is -1.04. The molecule has 1 aliphatic rings. The molecular weight excluding hydrogens is 214 g/mol. The number of hydrogen-bond donors (Lipinski definition) is 1. The second-order valence-corrected chi connectivity index (χ2v) is 4.73. The molecule has 0 radical (unpaired) electrons. The third kappa shape index (κ3) is 2.71. The van der Waals surface area contributed by atoms with E-state index in [9.17, 15) is 4.79 Å². The maximum atomic E-state index is 10.4. The molecule has 2 rings (SSSR count). The molecule has 0 bridgehead atoms. The van der Waals surface area contributed by atoms with Crippen molar-refractivity contribution in [1.29, 1.82) is 0 Å². The number of aliphatic carboxylic acids is 1. The van der Waals surface area contributed by atoms with Gasteiger partial charge in [0.15, 0.2) is 5.16 Å². The standard InChI is InChI=1S/C9H13N3O2S/c1-12-7(4-6-2-3-6)10-11-9(12)15-5-8(13)14/h6H,2-5H2,1H3,(H,13,14). The van der Waals surface area contributed by atoms with Crippen LogP contribution in [0.5, 0.6) is 0 Å². The van der Waals surface area contributed by atoms with Gasteiger partial charge in [0, 0.05) is 13.5 Å². The number of carboxylic acids is 1. The number of hydrogen-bond acceptors (Lipinski definition) is 4. The minimum Gasteiger partial charge on any atom is -0.481 e. The van der Waals surface area contributed by atoms with Crippen molar-refractivity contribution in [1.82, 2.24) is 14.8 Å². The van der Waals surface area contributed by atoms with E-state index in [0.717, 1.165) is 18.2 Å². The highest BCUT2D eigenvalue weighted by Gasteiger charge is 2.24. The molecule has 0 atom stereocenters. The van der Waals surface area contributed by atoms with E-state index in [1.165, 1.54) is 24.6 Å². The zero-order valence-electron chi connectivity index (χ0n) is 8.51. The van der Waals surface area contributed by atoms with Crippen molar-refractivity contribution in [3.63, 3.8) is 0 Å². The summed E-state index contributed by atoms with van der Waals surface area (Å²) in [5.74, 6) is 0.942. The minimum atomic E-state index is -0.827. The molecule has 0 aliphatic heterocycles. The molecule has 0 spiro atoms. The molecule has 82 valence electrons. The number of carboxylic acid groups (broad SMARTS) is 1. The fraction of sp³-hybridized carbons (Fsp3) is 0.667. The van der Waals surface area contributed by atoms with E-state index in [-0.39, 0.29) is 5.75 Å². The van der Waals surface area contributed by atoms with Crippen LogP contribution in [0.3, 0.4) is 0 Å². The zero-order valence-corrected chi connectivity index (χ0v) is 9.33. The van der Waals surface area contributed by atoms with Crippen molar-refractivity contribution >= 4 is 17.7 Å². The fourth-order valence-electron chi connectivity index (χ4n) is 1.35. The Morgan fingerprint density at radius 2 is 2.33 bits per heavy atom. The molecule has 1 fully saturated rings. The minimum absolute atomic E-state index is 0.0371. The largest absolute Gasteiger partial charge is 0.481 e. The highest BCUT2D eigenvalue weighted by Crippen LogP contribution is 2.32. The van der Waals surface area contributed by atoms with Gasteiger partial charge in [-0.3, -0.25) is 4.79 Å². The lowest BCUT2D eigenvalue weighted by atomic mass is 10.3. The average molecular weight is 227 g/mol. The second kappa shape index (κ2) is 4.22. The van der Waals surface area contributed by atoms with E-state index in [2.05, 4.69) is 10.2 Å². The van der Waals surface area contributed by atoms with E-state index in [0.29, 0.717) is 5.16 Å². The molecule has 1 saturated carbocycles. The first kappa shape index (κ1) is 10.5. The summed E-state index contributed by atoms with van der Waals surface area (Å²) >= 11 is 1.21. The Labute approximate surface area is 91.9 Å². The number of aromatic nitrogens is 3. The smallest absolute Gasteiger partial charge is 0.313 e. The van der Waals surface area contributed by atoms with Crippen molar-refractivity contribution in [2.45, 2.75) is 24.4 Å². The maximum absolute atomic E-state index is 10.4. The maximum Gasteiger partial charge on any atom is 0.313 e. The summed E-state index contributed by atoms with van der Waals surface area (Å²) in [6.45, 7) is 0. The van der Waals surface area contributed by atoms with Gasteiger partial charge in [-0.2, -0.15) is 0 Å². The van der Waals surface area contributed by atoms with Gasteiger partial charge in [-0.05, 0) is 18.8 Å². The molecule has 0 unspecified atom stereocenters. The Kier molecular flexibility index (Phi) is 2.95. The molecule has 0 saturated heterocycles. The third-order valence-electron chi connectivity index (χ3n) is 2.42. The number of rotatable bonds is 5. The molecule has 0 aromatic carbocycles. The number of nitrogens with zero attached hydrogens (tertiary/aromatic N) is 3. The summed E-state index contributed by atoms with van der Waals surface area (Å²) in [6.07, 6.45) is 3.53. The van der Waals surface area contributed by atoms with E-state index < -0.39 is 5.97 Å². The normalized spacial score (nSPS) is 15.5. The lowest BCUT2D eigenvalue weighted by Gasteiger charge is -2.01. The lowest BCUT2D eigenvalue weighted by Crippen LogP contribution is -2.03. The van der Waals surface area contributed by atoms with Gasteiger partial charge >= 0.3 is 5.97 Å². The summed E-state index contributed by atoms with van der Waals surface area (Å²) in [6, 6.07) is 0. The van der Waals surface area contributed by atoms with Crippen molar-refractivity contribution in [2.24, 2.45) is 13.0 Å². The Morgan fingerprint density at radius 1 is 1.60 bits per heavy atom. The van der Waals surface area contributed by atoms with Crippen molar-refractivity contribution in [3.05, 3.63) is 5.82 Å². The van der Waals surface area contributed by atoms with Crippen molar-refractivity contribution < 1.29 is 9.90 Å². The summed E-state index contributed by atoms with van der Waals surface area (Å²) < 4.78 is 1.89. The molecule has 6 heteroatoms. The van der Waals surface area contributed by atoms with E-state index >= 15 is 0 Å². The van der Waals surface area contributed by atoms with Crippen LogP contribution in [0.25, 0.3) is 0 Å². The molecule has 1 N–H and O–H groups in total. The first-order chi connectivity index (χ1) is 7.16. The molecule has 1 aromatic rings. The summed E-state index contributed by atoms with van der Waals surface area (Å²) in [5, 5.41) is 17.3. The topological polar surface area (TPSA) is 68.0 Å². The van der Waals surface area contributed by atoms with E-state index in [1.54, 1.807) is 0 Å². The van der Waals surface area contributed by atoms with Crippen LogP contribution < -0.4 is 0 Å². The van der Waals surface area contributed by atoms with Gasteiger partial charge in [0.25, 0.3) is 0 Å². The molecule has 5 nitrogen and oxygen atoms in total. The van der Waals surface area contributed by atoms with Crippen LogP contribution in [-0.2, 0) is 18.3 Å². The van der Waals surface area contributed by atoms with Gasteiger partial charge in [0.1, 0.15) is 5.82 Å². The van der Waals surface area contributed by atoms with Crippen molar-refractivity contribution in [3.8, 4) is 0 Å². The van der Waals surface area contributed by atoms with Crippen LogP contribution in [-0.4, -0.2) is 31.6 Å². The molecule has 1 aliphatic carbocycles. The van der Waals surface area contributed by atoms with E-state index in [4.69, 9.17) is 5.11 Å². The summed E-state index contributed by atoms with van der Waals surface area (Å²) in [5.41, 5.74) is 0. The molecule has 0 amide bonds. The van der Waals surface area contributed by atoms with Crippen LogP contribution in [0.4, 0.5) is 0 Å². The zero-order chi connectivity index (χ0) is 10.8. The molecule has 1 aromatic heterocycles. The molecule has 1 heterocycles. The number of thioether (sulfide) groups is 1. The van der Waals surface area contributed by atoms with Crippen LogP contribution in [0, 0.1) is 5.92 Å². The summed E-state index contributed by atoms with van der Waals surface area (Å²) in [7, 11) is 1.89. The van der Waals surface area contributed by atoms with Gasteiger partial charge < -0.3 is 9.67 Å². The first-order valence-electron chi connectivity index (χ1n) is 4.89. The molecule has 15 heavy (non-hydrogen) atoms.